The first-order valence-corrected chi connectivity index (χ1v) is 8.71. The third-order valence-corrected chi connectivity index (χ3v) is 4.58. The summed E-state index contributed by atoms with van der Waals surface area (Å²) in [5, 5.41) is 3.45. The van der Waals surface area contributed by atoms with Gasteiger partial charge in [0.1, 0.15) is 5.60 Å². The van der Waals surface area contributed by atoms with Crippen LogP contribution in [0.3, 0.4) is 0 Å². The quantitative estimate of drug-likeness (QED) is 0.831. The number of rotatable bonds is 5. The summed E-state index contributed by atoms with van der Waals surface area (Å²) in [5.41, 5.74) is 0.368. The molecular formula is C18H27ClN2O2. The molecule has 1 aliphatic rings. The predicted molar refractivity (Wildman–Crippen MR) is 93.8 cm³/mol. The van der Waals surface area contributed by atoms with Crippen molar-refractivity contribution in [2.24, 2.45) is 0 Å². The Balaban J connectivity index is 1.98. The second-order valence-electron chi connectivity index (χ2n) is 7.18. The van der Waals surface area contributed by atoms with Gasteiger partial charge < -0.3 is 15.0 Å². The Kier molecular flexibility index (Phi) is 5.93. The lowest BCUT2D eigenvalue weighted by Crippen LogP contribution is -2.55. The number of hydrogen-bond acceptors (Lipinski definition) is 3. The molecule has 1 fully saturated rings. The number of benzene rings is 1. The molecule has 0 bridgehead atoms. The highest BCUT2D eigenvalue weighted by Crippen LogP contribution is 2.31. The fourth-order valence-corrected chi connectivity index (χ4v) is 3.32. The average molecular weight is 339 g/mol. The van der Waals surface area contributed by atoms with Crippen LogP contribution in [0.15, 0.2) is 30.3 Å². The van der Waals surface area contributed by atoms with E-state index < -0.39 is 5.60 Å². The van der Waals surface area contributed by atoms with Gasteiger partial charge in [0.05, 0.1) is 5.54 Å². The highest BCUT2D eigenvalue weighted by Gasteiger charge is 2.44. The van der Waals surface area contributed by atoms with E-state index in [-0.39, 0.29) is 11.6 Å². The molecule has 1 aliphatic heterocycles. The molecule has 128 valence electrons. The van der Waals surface area contributed by atoms with E-state index in [9.17, 15) is 4.79 Å². The van der Waals surface area contributed by atoms with Crippen molar-refractivity contribution in [2.75, 3.05) is 19.0 Å². The van der Waals surface area contributed by atoms with Gasteiger partial charge in [0, 0.05) is 25.5 Å². The van der Waals surface area contributed by atoms with Crippen LogP contribution in [-0.2, 0) is 11.3 Å². The molecule has 0 aromatic heterocycles. The molecule has 1 aromatic carbocycles. The Bertz CT molecular complexity index is 516. The maximum atomic E-state index is 12.5. The van der Waals surface area contributed by atoms with Crippen LogP contribution in [0.25, 0.3) is 0 Å². The lowest BCUT2D eigenvalue weighted by Gasteiger charge is -2.38. The minimum Gasteiger partial charge on any atom is -0.444 e. The van der Waals surface area contributed by atoms with E-state index in [1.54, 1.807) is 0 Å². The van der Waals surface area contributed by atoms with Crippen LogP contribution >= 0.6 is 11.6 Å². The third-order valence-electron chi connectivity index (χ3n) is 4.09. The van der Waals surface area contributed by atoms with E-state index in [0.717, 1.165) is 19.4 Å². The predicted octanol–water partition coefficient (Wildman–Crippen LogP) is 3.78. The summed E-state index contributed by atoms with van der Waals surface area (Å²) in [5.74, 6) is 0.411. The molecule has 5 heteroatoms. The number of halogens is 1. The first-order chi connectivity index (χ1) is 10.9. The van der Waals surface area contributed by atoms with E-state index in [1.807, 2.05) is 43.9 Å². The minimum atomic E-state index is -0.491. The first-order valence-electron chi connectivity index (χ1n) is 8.18. The van der Waals surface area contributed by atoms with Crippen LogP contribution in [-0.4, -0.2) is 41.1 Å². The van der Waals surface area contributed by atoms with Gasteiger partial charge in [0.15, 0.2) is 0 Å². The Morgan fingerprint density at radius 1 is 1.35 bits per heavy atom. The standard InChI is InChI=1S/C18H27ClN2O2/c1-17(2,3)23-16(22)21-11-7-10-18(21,13-19)14-20-12-15-8-5-4-6-9-15/h4-6,8-9,20H,7,10-14H2,1-3H3. The van der Waals surface area contributed by atoms with Crippen LogP contribution in [0.5, 0.6) is 0 Å². The molecule has 1 N–H and O–H groups in total. The monoisotopic (exact) mass is 338 g/mol. The molecule has 2 rings (SSSR count). The van der Waals surface area contributed by atoms with Gasteiger partial charge in [-0.15, -0.1) is 11.6 Å². The molecule has 23 heavy (non-hydrogen) atoms. The highest BCUT2D eigenvalue weighted by molar-refractivity contribution is 6.18. The van der Waals surface area contributed by atoms with Crippen LogP contribution < -0.4 is 5.32 Å². The third kappa shape index (κ3) is 4.85. The Morgan fingerprint density at radius 2 is 2.04 bits per heavy atom. The molecule has 0 aliphatic carbocycles. The fourth-order valence-electron chi connectivity index (χ4n) is 2.95. The van der Waals surface area contributed by atoms with Crippen molar-refractivity contribution in [1.82, 2.24) is 10.2 Å². The molecule has 1 amide bonds. The molecule has 1 unspecified atom stereocenters. The van der Waals surface area contributed by atoms with E-state index in [4.69, 9.17) is 16.3 Å². The van der Waals surface area contributed by atoms with E-state index in [1.165, 1.54) is 5.56 Å². The lowest BCUT2D eigenvalue weighted by molar-refractivity contribution is 0.0112. The summed E-state index contributed by atoms with van der Waals surface area (Å²) in [6.07, 6.45) is 1.59. The second kappa shape index (κ2) is 7.54. The fraction of sp³-hybridized carbons (Fsp3) is 0.611. The van der Waals surface area contributed by atoms with Crippen molar-refractivity contribution in [3.8, 4) is 0 Å². The van der Waals surface area contributed by atoms with Crippen molar-refractivity contribution in [1.29, 1.82) is 0 Å². The average Bonchev–Trinajstić information content (AvgIpc) is 2.91. The molecule has 0 spiro atoms. The van der Waals surface area contributed by atoms with E-state index in [0.29, 0.717) is 19.0 Å². The highest BCUT2D eigenvalue weighted by atomic mass is 35.5. The zero-order valence-corrected chi connectivity index (χ0v) is 15.0. The van der Waals surface area contributed by atoms with Gasteiger partial charge in [0.25, 0.3) is 0 Å². The van der Waals surface area contributed by atoms with Gasteiger partial charge in [-0.25, -0.2) is 4.79 Å². The molecule has 1 aromatic rings. The second-order valence-corrected chi connectivity index (χ2v) is 7.45. The topological polar surface area (TPSA) is 41.6 Å². The SMILES string of the molecule is CC(C)(C)OC(=O)N1CCCC1(CCl)CNCc1ccccc1. The summed E-state index contributed by atoms with van der Waals surface area (Å²) < 4.78 is 5.54. The molecule has 0 saturated carbocycles. The van der Waals surface area contributed by atoms with Crippen molar-refractivity contribution < 1.29 is 9.53 Å². The molecule has 1 atom stereocenters. The summed E-state index contributed by atoms with van der Waals surface area (Å²) >= 11 is 6.27. The number of alkyl halides is 1. The van der Waals surface area contributed by atoms with E-state index in [2.05, 4.69) is 17.4 Å². The normalized spacial score (nSPS) is 21.5. The van der Waals surface area contributed by atoms with Crippen LogP contribution in [0.2, 0.25) is 0 Å². The van der Waals surface area contributed by atoms with Gasteiger partial charge >= 0.3 is 6.09 Å². The van der Waals surface area contributed by atoms with Gasteiger partial charge in [-0.3, -0.25) is 0 Å². The van der Waals surface area contributed by atoms with Crippen LogP contribution in [0, 0.1) is 0 Å². The maximum Gasteiger partial charge on any atom is 0.410 e. The molecule has 4 nitrogen and oxygen atoms in total. The van der Waals surface area contributed by atoms with Gasteiger partial charge in [-0.2, -0.15) is 0 Å². The summed E-state index contributed by atoms with van der Waals surface area (Å²) in [6.45, 7) is 7.80. The number of carbonyl (C=O) groups is 1. The van der Waals surface area contributed by atoms with Crippen molar-refractivity contribution >= 4 is 17.7 Å². The van der Waals surface area contributed by atoms with Crippen LogP contribution in [0.1, 0.15) is 39.2 Å². The molecular weight excluding hydrogens is 312 g/mol. The molecule has 1 saturated heterocycles. The van der Waals surface area contributed by atoms with Gasteiger partial charge in [-0.1, -0.05) is 30.3 Å². The first kappa shape index (κ1) is 18.1. The number of likely N-dealkylation sites (tertiary alicyclic amines) is 1. The van der Waals surface area contributed by atoms with Crippen molar-refractivity contribution in [3.05, 3.63) is 35.9 Å². The number of amides is 1. The Labute approximate surface area is 144 Å². The number of hydrogen-bond donors (Lipinski definition) is 1. The minimum absolute atomic E-state index is 0.267. The number of carbonyl (C=O) groups excluding carboxylic acids is 1. The Hall–Kier alpha value is -1.26. The number of nitrogens with one attached hydrogen (secondary N) is 1. The van der Waals surface area contributed by atoms with E-state index >= 15 is 0 Å². The van der Waals surface area contributed by atoms with Gasteiger partial charge in [-0.05, 0) is 39.2 Å². The number of ether oxygens (including phenoxy) is 1. The zero-order valence-electron chi connectivity index (χ0n) is 14.3. The lowest BCUT2D eigenvalue weighted by atomic mass is 9.98. The molecule has 1 heterocycles. The molecule has 0 radical (unpaired) electrons. The van der Waals surface area contributed by atoms with Crippen LogP contribution in [0.4, 0.5) is 4.79 Å². The Morgan fingerprint density at radius 3 is 2.65 bits per heavy atom. The van der Waals surface area contributed by atoms with Crippen molar-refractivity contribution in [3.63, 3.8) is 0 Å². The largest absolute Gasteiger partial charge is 0.444 e. The van der Waals surface area contributed by atoms with Crippen molar-refractivity contribution in [2.45, 2.75) is 51.3 Å². The van der Waals surface area contributed by atoms with Gasteiger partial charge in [0.2, 0.25) is 0 Å². The maximum absolute atomic E-state index is 12.5. The zero-order chi connectivity index (χ0) is 16.9. The number of nitrogens with zero attached hydrogens (tertiary/aromatic N) is 1. The summed E-state index contributed by atoms with van der Waals surface area (Å²) in [7, 11) is 0. The smallest absolute Gasteiger partial charge is 0.410 e. The summed E-state index contributed by atoms with van der Waals surface area (Å²) in [6, 6.07) is 10.2. The summed E-state index contributed by atoms with van der Waals surface area (Å²) in [4.78, 5) is 14.3.